The molecular formula is C18H23ClN5O3+. The molecular weight excluding hydrogens is 370 g/mol. The number of rotatable bonds is 6. The van der Waals surface area contributed by atoms with Gasteiger partial charge in [0.25, 0.3) is 5.91 Å². The molecule has 0 radical (unpaired) electrons. The Bertz CT molecular complexity index is 796. The van der Waals surface area contributed by atoms with Gasteiger partial charge in [-0.25, -0.2) is 9.67 Å². The van der Waals surface area contributed by atoms with Gasteiger partial charge in [0.2, 0.25) is 0 Å². The molecule has 2 atom stereocenters. The van der Waals surface area contributed by atoms with Crippen molar-refractivity contribution in [1.82, 2.24) is 14.8 Å². The number of carbonyl (C=O) groups is 2. The molecule has 1 saturated heterocycles. The van der Waals surface area contributed by atoms with E-state index in [1.807, 2.05) is 0 Å². The van der Waals surface area contributed by atoms with Crippen LogP contribution in [0.2, 0.25) is 5.02 Å². The quantitative estimate of drug-likeness (QED) is 0.707. The number of anilines is 1. The van der Waals surface area contributed by atoms with Crippen molar-refractivity contribution in [3.8, 4) is 5.69 Å². The average molecular weight is 393 g/mol. The Kier molecular flexibility index (Phi) is 6.41. The van der Waals surface area contributed by atoms with E-state index in [4.69, 9.17) is 16.3 Å². The van der Waals surface area contributed by atoms with E-state index in [1.165, 1.54) is 6.33 Å². The van der Waals surface area contributed by atoms with Gasteiger partial charge in [0, 0.05) is 5.02 Å². The third-order valence-corrected chi connectivity index (χ3v) is 4.78. The normalized spacial score (nSPS) is 19.5. The third kappa shape index (κ3) is 5.05. The van der Waals surface area contributed by atoms with Crippen molar-refractivity contribution in [2.75, 3.05) is 31.6 Å². The predicted molar refractivity (Wildman–Crippen MR) is 99.9 cm³/mol. The minimum Gasteiger partial charge on any atom is -0.466 e. The summed E-state index contributed by atoms with van der Waals surface area (Å²) < 4.78 is 6.68. The fraction of sp³-hybridized carbons (Fsp3) is 0.444. The minimum absolute atomic E-state index is 0.140. The zero-order valence-corrected chi connectivity index (χ0v) is 15.9. The van der Waals surface area contributed by atoms with Crippen LogP contribution in [0.15, 0.2) is 30.9 Å². The van der Waals surface area contributed by atoms with Crippen molar-refractivity contribution in [2.24, 2.45) is 5.92 Å². The number of ether oxygens (including phenoxy) is 1. The number of piperidine rings is 1. The molecule has 2 N–H and O–H groups in total. The van der Waals surface area contributed by atoms with Crippen LogP contribution in [0.1, 0.15) is 19.8 Å². The van der Waals surface area contributed by atoms with Crippen molar-refractivity contribution < 1.29 is 19.2 Å². The molecule has 0 aliphatic carbocycles. The van der Waals surface area contributed by atoms with Crippen LogP contribution < -0.4 is 10.2 Å². The molecule has 2 heterocycles. The molecule has 1 aromatic heterocycles. The third-order valence-electron chi connectivity index (χ3n) is 4.55. The summed E-state index contributed by atoms with van der Waals surface area (Å²) in [5, 5.41) is 7.52. The summed E-state index contributed by atoms with van der Waals surface area (Å²) in [5.74, 6) is -0.449. The molecule has 144 valence electrons. The lowest BCUT2D eigenvalue weighted by molar-refractivity contribution is -0.899. The number of esters is 1. The Labute approximate surface area is 162 Å². The van der Waals surface area contributed by atoms with E-state index in [9.17, 15) is 9.59 Å². The number of halogens is 1. The number of amides is 1. The zero-order valence-electron chi connectivity index (χ0n) is 15.2. The molecule has 1 fully saturated rings. The topological polar surface area (TPSA) is 90.6 Å². The Morgan fingerprint density at radius 2 is 2.30 bits per heavy atom. The van der Waals surface area contributed by atoms with Gasteiger partial charge >= 0.3 is 5.97 Å². The highest BCUT2D eigenvalue weighted by atomic mass is 35.5. The maximum Gasteiger partial charge on any atom is 0.314 e. The van der Waals surface area contributed by atoms with Gasteiger partial charge < -0.3 is 15.0 Å². The van der Waals surface area contributed by atoms with Gasteiger partial charge in [-0.1, -0.05) is 11.6 Å². The van der Waals surface area contributed by atoms with Crippen molar-refractivity contribution >= 4 is 29.2 Å². The molecule has 0 saturated carbocycles. The number of benzene rings is 1. The zero-order chi connectivity index (χ0) is 19.2. The van der Waals surface area contributed by atoms with E-state index in [0.717, 1.165) is 24.3 Å². The van der Waals surface area contributed by atoms with Crippen LogP contribution >= 0.6 is 11.6 Å². The van der Waals surface area contributed by atoms with Crippen LogP contribution in [0.5, 0.6) is 0 Å². The number of carbonyl (C=O) groups excluding carboxylic acids is 2. The van der Waals surface area contributed by atoms with Gasteiger partial charge in [0.15, 0.2) is 6.54 Å². The summed E-state index contributed by atoms with van der Waals surface area (Å²) in [7, 11) is 0. The summed E-state index contributed by atoms with van der Waals surface area (Å²) in [4.78, 5) is 29.6. The molecule has 1 aliphatic rings. The maximum absolute atomic E-state index is 12.6. The summed E-state index contributed by atoms with van der Waals surface area (Å²) in [5.41, 5.74) is 1.25. The van der Waals surface area contributed by atoms with E-state index in [2.05, 4.69) is 15.4 Å². The monoisotopic (exact) mass is 392 g/mol. The van der Waals surface area contributed by atoms with Gasteiger partial charge in [0.1, 0.15) is 18.6 Å². The van der Waals surface area contributed by atoms with Crippen molar-refractivity contribution in [3.63, 3.8) is 0 Å². The van der Waals surface area contributed by atoms with Gasteiger partial charge in [-0.2, -0.15) is 5.10 Å². The molecule has 1 amide bonds. The fourth-order valence-electron chi connectivity index (χ4n) is 3.34. The molecule has 0 spiro atoms. The van der Waals surface area contributed by atoms with Crippen LogP contribution in [0, 0.1) is 5.92 Å². The summed E-state index contributed by atoms with van der Waals surface area (Å²) >= 11 is 6.08. The first kappa shape index (κ1) is 19.3. The second kappa shape index (κ2) is 8.96. The SMILES string of the molecule is CCOC(=O)[C@H]1CCC[NH+](CC(=O)Nc2cc(Cl)ccc2-n2cncn2)C1. The number of quaternary nitrogens is 1. The molecule has 1 aliphatic heterocycles. The number of hydrogen-bond donors (Lipinski definition) is 2. The summed E-state index contributed by atoms with van der Waals surface area (Å²) in [6.07, 6.45) is 4.69. The smallest absolute Gasteiger partial charge is 0.314 e. The second-order valence-electron chi connectivity index (χ2n) is 6.52. The first-order valence-electron chi connectivity index (χ1n) is 9.01. The minimum atomic E-state index is -0.168. The Balaban J connectivity index is 1.64. The maximum atomic E-state index is 12.6. The number of nitrogens with zero attached hydrogens (tertiary/aromatic N) is 3. The molecule has 2 aromatic rings. The second-order valence-corrected chi connectivity index (χ2v) is 6.96. The lowest BCUT2D eigenvalue weighted by atomic mass is 9.98. The number of nitrogens with one attached hydrogen (secondary N) is 2. The first-order chi connectivity index (χ1) is 13.1. The molecule has 3 rings (SSSR count). The highest BCUT2D eigenvalue weighted by Crippen LogP contribution is 2.23. The Morgan fingerprint density at radius 1 is 1.44 bits per heavy atom. The Hall–Kier alpha value is -2.45. The first-order valence-corrected chi connectivity index (χ1v) is 9.39. The van der Waals surface area contributed by atoms with E-state index in [-0.39, 0.29) is 24.3 Å². The lowest BCUT2D eigenvalue weighted by Crippen LogP contribution is -3.14. The molecule has 8 nitrogen and oxygen atoms in total. The summed E-state index contributed by atoms with van der Waals surface area (Å²) in [6.45, 7) is 3.92. The van der Waals surface area contributed by atoms with Crippen LogP contribution in [0.25, 0.3) is 5.69 Å². The fourth-order valence-corrected chi connectivity index (χ4v) is 3.51. The molecule has 1 unspecified atom stereocenters. The molecule has 1 aromatic carbocycles. The highest BCUT2D eigenvalue weighted by Gasteiger charge is 2.30. The average Bonchev–Trinajstić information content (AvgIpc) is 3.16. The van der Waals surface area contributed by atoms with E-state index < -0.39 is 0 Å². The van der Waals surface area contributed by atoms with Crippen LogP contribution in [0.4, 0.5) is 5.69 Å². The van der Waals surface area contributed by atoms with Crippen molar-refractivity contribution in [1.29, 1.82) is 0 Å². The van der Waals surface area contributed by atoms with Crippen LogP contribution in [0.3, 0.4) is 0 Å². The number of aromatic nitrogens is 3. The largest absolute Gasteiger partial charge is 0.466 e. The van der Waals surface area contributed by atoms with Crippen LogP contribution in [-0.4, -0.2) is 52.9 Å². The van der Waals surface area contributed by atoms with Gasteiger partial charge in [-0.3, -0.25) is 9.59 Å². The van der Waals surface area contributed by atoms with Gasteiger partial charge in [-0.05, 0) is 38.0 Å². The van der Waals surface area contributed by atoms with Crippen LogP contribution in [-0.2, 0) is 14.3 Å². The lowest BCUT2D eigenvalue weighted by Gasteiger charge is -2.28. The number of likely N-dealkylation sites (tertiary alicyclic amines) is 1. The molecule has 9 heteroatoms. The van der Waals surface area contributed by atoms with Gasteiger partial charge in [0.05, 0.1) is 31.1 Å². The highest BCUT2D eigenvalue weighted by molar-refractivity contribution is 6.31. The number of hydrogen-bond acceptors (Lipinski definition) is 5. The summed E-state index contributed by atoms with van der Waals surface area (Å²) in [6, 6.07) is 5.19. The van der Waals surface area contributed by atoms with Gasteiger partial charge in [-0.15, -0.1) is 0 Å². The Morgan fingerprint density at radius 3 is 3.04 bits per heavy atom. The van der Waals surface area contributed by atoms with E-state index in [0.29, 0.717) is 29.5 Å². The standard InChI is InChI=1S/C18H22ClN5O3/c1-2-27-18(26)13-4-3-7-23(9-13)10-17(25)22-15-8-14(19)5-6-16(15)24-12-20-11-21-24/h5-6,8,11-13H,2-4,7,9-10H2,1H3,(H,22,25)/p+1/t13-/m0/s1. The molecule has 27 heavy (non-hydrogen) atoms. The molecule has 0 bridgehead atoms. The predicted octanol–water partition coefficient (Wildman–Crippen LogP) is 0.717. The van der Waals surface area contributed by atoms with E-state index >= 15 is 0 Å². The van der Waals surface area contributed by atoms with Crippen molar-refractivity contribution in [2.45, 2.75) is 19.8 Å². The van der Waals surface area contributed by atoms with E-state index in [1.54, 1.807) is 36.1 Å². The van der Waals surface area contributed by atoms with Crippen molar-refractivity contribution in [3.05, 3.63) is 35.9 Å².